The maximum atomic E-state index is 6.18. The fourth-order valence-corrected chi connectivity index (χ4v) is 3.94. The Labute approximate surface area is 111 Å². The summed E-state index contributed by atoms with van der Waals surface area (Å²) in [6.45, 7) is 7.97. The maximum absolute atomic E-state index is 6.18. The van der Waals surface area contributed by atoms with Crippen LogP contribution in [0.1, 0.15) is 46.0 Å². The summed E-state index contributed by atoms with van der Waals surface area (Å²) < 4.78 is 6.18. The average Bonchev–Trinajstić information content (AvgIpc) is 3.02. The van der Waals surface area contributed by atoms with Crippen LogP contribution in [0.15, 0.2) is 0 Å². The summed E-state index contributed by atoms with van der Waals surface area (Å²) in [7, 11) is 0. The summed E-state index contributed by atoms with van der Waals surface area (Å²) in [5.41, 5.74) is 0. The van der Waals surface area contributed by atoms with Crippen LogP contribution < -0.4 is 5.32 Å². The minimum absolute atomic E-state index is 0.456. The number of hydrogen-bond donors (Lipinski definition) is 1. The Morgan fingerprint density at radius 2 is 2.00 bits per heavy atom. The van der Waals surface area contributed by atoms with E-state index in [1.54, 1.807) is 0 Å². The molecule has 1 N–H and O–H groups in total. The number of ether oxygens (including phenoxy) is 1. The highest BCUT2D eigenvalue weighted by atomic mass is 16.5. The van der Waals surface area contributed by atoms with Gasteiger partial charge in [0.1, 0.15) is 0 Å². The third-order valence-corrected chi connectivity index (χ3v) is 4.91. The number of nitrogens with zero attached hydrogens (tertiary/aromatic N) is 1. The first-order valence-corrected chi connectivity index (χ1v) is 7.83. The highest BCUT2D eigenvalue weighted by Gasteiger charge is 2.39. The standard InChI is InChI=1S/C15H28N2O/c1-11(2)16-8-14-5-6-15(18-14)10-17-9-12-3-4-13(17)7-12/h11-16H,3-10H2,1-2H3. The summed E-state index contributed by atoms with van der Waals surface area (Å²) in [6, 6.07) is 1.47. The molecule has 3 aliphatic rings. The number of likely N-dealkylation sites (tertiary alicyclic amines) is 1. The van der Waals surface area contributed by atoms with E-state index in [4.69, 9.17) is 4.74 Å². The van der Waals surface area contributed by atoms with Gasteiger partial charge in [-0.15, -0.1) is 0 Å². The maximum Gasteiger partial charge on any atom is 0.0707 e. The first-order chi connectivity index (χ1) is 8.70. The van der Waals surface area contributed by atoms with Gasteiger partial charge in [-0.1, -0.05) is 13.8 Å². The lowest BCUT2D eigenvalue weighted by molar-refractivity contribution is 0.0167. The molecular weight excluding hydrogens is 224 g/mol. The molecule has 0 spiro atoms. The molecule has 4 unspecified atom stereocenters. The predicted molar refractivity (Wildman–Crippen MR) is 73.7 cm³/mol. The number of nitrogens with one attached hydrogen (secondary N) is 1. The molecule has 3 rings (SSSR count). The first-order valence-electron chi connectivity index (χ1n) is 7.83. The van der Waals surface area contributed by atoms with Gasteiger partial charge in [0.15, 0.2) is 0 Å². The monoisotopic (exact) mass is 252 g/mol. The van der Waals surface area contributed by atoms with Crippen molar-refractivity contribution in [1.82, 2.24) is 10.2 Å². The van der Waals surface area contributed by atoms with Gasteiger partial charge >= 0.3 is 0 Å². The van der Waals surface area contributed by atoms with Crippen LogP contribution in [0.3, 0.4) is 0 Å². The summed E-state index contributed by atoms with van der Waals surface area (Å²) in [6.07, 6.45) is 7.85. The van der Waals surface area contributed by atoms with Gasteiger partial charge in [0.2, 0.25) is 0 Å². The van der Waals surface area contributed by atoms with Crippen LogP contribution in [0.4, 0.5) is 0 Å². The lowest BCUT2D eigenvalue weighted by Gasteiger charge is -2.29. The molecule has 4 atom stereocenters. The van der Waals surface area contributed by atoms with Crippen molar-refractivity contribution in [2.24, 2.45) is 5.92 Å². The second kappa shape index (κ2) is 5.48. The second-order valence-corrected chi connectivity index (χ2v) is 6.81. The zero-order valence-corrected chi connectivity index (χ0v) is 11.9. The molecule has 0 aromatic heterocycles. The van der Waals surface area contributed by atoms with Gasteiger partial charge in [0.25, 0.3) is 0 Å². The van der Waals surface area contributed by atoms with Gasteiger partial charge < -0.3 is 10.1 Å². The molecule has 2 heterocycles. The Hall–Kier alpha value is -0.120. The molecule has 3 fully saturated rings. The summed E-state index contributed by atoms with van der Waals surface area (Å²) >= 11 is 0. The molecule has 1 saturated carbocycles. The summed E-state index contributed by atoms with van der Waals surface area (Å²) in [5, 5.41) is 3.49. The molecule has 18 heavy (non-hydrogen) atoms. The second-order valence-electron chi connectivity index (χ2n) is 6.81. The third kappa shape index (κ3) is 2.89. The Bertz CT molecular complexity index is 282. The highest BCUT2D eigenvalue weighted by molar-refractivity contribution is 4.93. The lowest BCUT2D eigenvalue weighted by atomic mass is 10.1. The molecule has 2 saturated heterocycles. The molecule has 0 amide bonds. The highest BCUT2D eigenvalue weighted by Crippen LogP contribution is 2.38. The normalized spacial score (nSPS) is 40.2. The number of rotatable bonds is 5. The molecular formula is C15H28N2O. The van der Waals surface area contributed by atoms with Crippen molar-refractivity contribution < 1.29 is 4.74 Å². The SMILES string of the molecule is CC(C)NCC1CCC(CN2CC3CCC2C3)O1. The van der Waals surface area contributed by atoms with Gasteiger partial charge in [-0.3, -0.25) is 4.90 Å². The molecule has 1 aliphatic carbocycles. The van der Waals surface area contributed by atoms with Crippen molar-refractivity contribution in [1.29, 1.82) is 0 Å². The van der Waals surface area contributed by atoms with E-state index in [1.165, 1.54) is 45.2 Å². The van der Waals surface area contributed by atoms with E-state index in [2.05, 4.69) is 24.1 Å². The summed E-state index contributed by atoms with van der Waals surface area (Å²) in [4.78, 5) is 2.71. The first kappa shape index (κ1) is 12.9. The molecule has 0 aromatic rings. The van der Waals surface area contributed by atoms with Crippen molar-refractivity contribution in [3.8, 4) is 0 Å². The Morgan fingerprint density at radius 1 is 1.17 bits per heavy atom. The molecule has 2 bridgehead atoms. The van der Waals surface area contributed by atoms with Crippen molar-refractivity contribution in [3.63, 3.8) is 0 Å². The van der Waals surface area contributed by atoms with Crippen molar-refractivity contribution in [2.75, 3.05) is 19.6 Å². The number of piperidine rings is 1. The van der Waals surface area contributed by atoms with Gasteiger partial charge in [0, 0.05) is 31.7 Å². The molecule has 0 radical (unpaired) electrons. The van der Waals surface area contributed by atoms with E-state index in [9.17, 15) is 0 Å². The van der Waals surface area contributed by atoms with Crippen LogP contribution in [-0.4, -0.2) is 48.8 Å². The predicted octanol–water partition coefficient (Wildman–Crippen LogP) is 2.02. The average molecular weight is 252 g/mol. The van der Waals surface area contributed by atoms with Gasteiger partial charge in [0.05, 0.1) is 12.2 Å². The Balaban J connectivity index is 1.40. The zero-order chi connectivity index (χ0) is 12.5. The van der Waals surface area contributed by atoms with Crippen LogP contribution in [0, 0.1) is 5.92 Å². The van der Waals surface area contributed by atoms with Crippen LogP contribution in [0.5, 0.6) is 0 Å². The fraction of sp³-hybridized carbons (Fsp3) is 1.00. The molecule has 0 aromatic carbocycles. The summed E-state index contributed by atoms with van der Waals surface area (Å²) in [5.74, 6) is 1.01. The smallest absolute Gasteiger partial charge is 0.0707 e. The van der Waals surface area contributed by atoms with E-state index in [-0.39, 0.29) is 0 Å². The van der Waals surface area contributed by atoms with E-state index in [1.807, 2.05) is 0 Å². The Morgan fingerprint density at radius 3 is 2.67 bits per heavy atom. The van der Waals surface area contributed by atoms with Crippen LogP contribution in [-0.2, 0) is 4.74 Å². The lowest BCUT2D eigenvalue weighted by Crippen LogP contribution is -2.39. The van der Waals surface area contributed by atoms with Crippen molar-refractivity contribution in [2.45, 2.75) is 70.2 Å². The molecule has 3 heteroatoms. The molecule has 104 valence electrons. The van der Waals surface area contributed by atoms with Crippen LogP contribution in [0.2, 0.25) is 0 Å². The van der Waals surface area contributed by atoms with Crippen molar-refractivity contribution in [3.05, 3.63) is 0 Å². The van der Waals surface area contributed by atoms with E-state index >= 15 is 0 Å². The molecule has 3 nitrogen and oxygen atoms in total. The number of fused-ring (bicyclic) bond motifs is 2. The van der Waals surface area contributed by atoms with E-state index in [0.717, 1.165) is 18.5 Å². The largest absolute Gasteiger partial charge is 0.372 e. The van der Waals surface area contributed by atoms with Gasteiger partial charge in [-0.25, -0.2) is 0 Å². The van der Waals surface area contributed by atoms with Crippen molar-refractivity contribution >= 4 is 0 Å². The topological polar surface area (TPSA) is 24.5 Å². The minimum Gasteiger partial charge on any atom is -0.372 e. The van der Waals surface area contributed by atoms with E-state index < -0.39 is 0 Å². The number of hydrogen-bond acceptors (Lipinski definition) is 3. The third-order valence-electron chi connectivity index (χ3n) is 4.91. The fourth-order valence-electron chi connectivity index (χ4n) is 3.94. The van der Waals surface area contributed by atoms with Gasteiger partial charge in [-0.05, 0) is 38.0 Å². The molecule has 2 aliphatic heterocycles. The zero-order valence-electron chi connectivity index (χ0n) is 11.9. The quantitative estimate of drug-likeness (QED) is 0.810. The Kier molecular flexibility index (Phi) is 3.92. The van der Waals surface area contributed by atoms with Crippen LogP contribution in [0.25, 0.3) is 0 Å². The van der Waals surface area contributed by atoms with Crippen LogP contribution >= 0.6 is 0 Å². The van der Waals surface area contributed by atoms with E-state index in [0.29, 0.717) is 18.2 Å². The minimum atomic E-state index is 0.456. The van der Waals surface area contributed by atoms with Gasteiger partial charge in [-0.2, -0.15) is 0 Å².